The molecule has 0 bridgehead atoms. The largest absolute Gasteiger partial charge is 0.356 e. The predicted molar refractivity (Wildman–Crippen MR) is 95.4 cm³/mol. The molecule has 0 unspecified atom stereocenters. The van der Waals surface area contributed by atoms with Gasteiger partial charge in [0.05, 0.1) is 12.2 Å². The normalized spacial score (nSPS) is 11.5. The van der Waals surface area contributed by atoms with Gasteiger partial charge in [0.2, 0.25) is 0 Å². The van der Waals surface area contributed by atoms with Crippen molar-refractivity contribution >= 4 is 5.96 Å². The van der Waals surface area contributed by atoms with E-state index in [1.807, 2.05) is 17.8 Å². The summed E-state index contributed by atoms with van der Waals surface area (Å²) in [4.78, 5) is 4.25. The van der Waals surface area contributed by atoms with Gasteiger partial charge in [0.15, 0.2) is 5.96 Å². The second-order valence-corrected chi connectivity index (χ2v) is 5.59. The van der Waals surface area contributed by atoms with Crippen LogP contribution in [0.25, 0.3) is 0 Å². The Kier molecular flexibility index (Phi) is 7.17. The fourth-order valence-corrected chi connectivity index (χ4v) is 2.45. The van der Waals surface area contributed by atoms with Crippen molar-refractivity contribution in [2.75, 3.05) is 13.6 Å². The number of unbranched alkanes of at least 4 members (excludes halogenated alkanes) is 2. The quantitative estimate of drug-likeness (QED) is 0.447. The van der Waals surface area contributed by atoms with E-state index in [1.165, 1.54) is 18.4 Å². The molecular formula is C18H27N5. The molecule has 0 atom stereocenters. The maximum Gasteiger partial charge on any atom is 0.191 e. The van der Waals surface area contributed by atoms with Crippen molar-refractivity contribution in [2.24, 2.45) is 12.0 Å². The van der Waals surface area contributed by atoms with Gasteiger partial charge in [-0.1, -0.05) is 36.8 Å². The molecule has 2 aromatic rings. The molecule has 1 aromatic heterocycles. The van der Waals surface area contributed by atoms with Gasteiger partial charge >= 0.3 is 0 Å². The maximum absolute atomic E-state index is 4.25. The lowest BCUT2D eigenvalue weighted by Crippen LogP contribution is -2.37. The molecule has 5 nitrogen and oxygen atoms in total. The molecule has 23 heavy (non-hydrogen) atoms. The maximum atomic E-state index is 4.25. The minimum atomic E-state index is 0.726. The first-order valence-corrected chi connectivity index (χ1v) is 8.25. The van der Waals surface area contributed by atoms with E-state index in [-0.39, 0.29) is 0 Å². The van der Waals surface area contributed by atoms with E-state index in [9.17, 15) is 0 Å². The lowest BCUT2D eigenvalue weighted by atomic mass is 10.1. The summed E-state index contributed by atoms with van der Waals surface area (Å²) in [5.74, 6) is 0.842. The Hall–Kier alpha value is -2.30. The average Bonchev–Trinajstić information content (AvgIpc) is 2.99. The van der Waals surface area contributed by atoms with Gasteiger partial charge in [-0.25, -0.2) is 0 Å². The Morgan fingerprint density at radius 2 is 1.91 bits per heavy atom. The fourth-order valence-electron chi connectivity index (χ4n) is 2.45. The molecule has 0 aliphatic rings. The minimum absolute atomic E-state index is 0.726. The average molecular weight is 313 g/mol. The van der Waals surface area contributed by atoms with E-state index in [0.717, 1.165) is 37.6 Å². The number of benzene rings is 1. The summed E-state index contributed by atoms with van der Waals surface area (Å²) in [7, 11) is 3.74. The summed E-state index contributed by atoms with van der Waals surface area (Å²) in [6.07, 6.45) is 6.57. The molecule has 1 heterocycles. The van der Waals surface area contributed by atoms with Crippen molar-refractivity contribution in [3.63, 3.8) is 0 Å². The summed E-state index contributed by atoms with van der Waals surface area (Å²) >= 11 is 0. The smallest absolute Gasteiger partial charge is 0.191 e. The Morgan fingerprint density at radius 3 is 2.61 bits per heavy atom. The van der Waals surface area contributed by atoms with Crippen LogP contribution in [0.3, 0.4) is 0 Å². The molecule has 0 fully saturated rings. The van der Waals surface area contributed by atoms with Crippen molar-refractivity contribution < 1.29 is 0 Å². The van der Waals surface area contributed by atoms with Crippen molar-refractivity contribution in [2.45, 2.75) is 32.2 Å². The van der Waals surface area contributed by atoms with Crippen LogP contribution in [0.15, 0.2) is 47.6 Å². The highest BCUT2D eigenvalue weighted by atomic mass is 15.3. The van der Waals surface area contributed by atoms with Crippen LogP contribution in [0.5, 0.6) is 0 Å². The van der Waals surface area contributed by atoms with E-state index in [4.69, 9.17) is 0 Å². The first-order chi connectivity index (χ1) is 11.3. The molecule has 5 heteroatoms. The monoisotopic (exact) mass is 313 g/mol. The number of rotatable bonds is 8. The van der Waals surface area contributed by atoms with Gasteiger partial charge in [-0.2, -0.15) is 5.10 Å². The first-order valence-electron chi connectivity index (χ1n) is 8.25. The Morgan fingerprint density at radius 1 is 1.09 bits per heavy atom. The summed E-state index contributed by atoms with van der Waals surface area (Å²) in [6, 6.07) is 12.7. The number of guanidine groups is 1. The third-order valence-electron chi connectivity index (χ3n) is 3.86. The van der Waals surface area contributed by atoms with E-state index >= 15 is 0 Å². The van der Waals surface area contributed by atoms with E-state index in [0.29, 0.717) is 0 Å². The van der Waals surface area contributed by atoms with Crippen LogP contribution < -0.4 is 10.6 Å². The van der Waals surface area contributed by atoms with E-state index in [1.54, 1.807) is 13.2 Å². The molecule has 0 saturated heterocycles. The van der Waals surface area contributed by atoms with Crippen LogP contribution in [0.4, 0.5) is 0 Å². The van der Waals surface area contributed by atoms with E-state index in [2.05, 4.69) is 51.1 Å². The lowest BCUT2D eigenvalue weighted by molar-refractivity contribution is 0.648. The van der Waals surface area contributed by atoms with Crippen LogP contribution >= 0.6 is 0 Å². The molecule has 0 radical (unpaired) electrons. The highest BCUT2D eigenvalue weighted by Crippen LogP contribution is 2.05. The third kappa shape index (κ3) is 6.14. The van der Waals surface area contributed by atoms with Crippen molar-refractivity contribution in [1.29, 1.82) is 0 Å². The number of aliphatic imine (C=N–C) groups is 1. The number of aromatic nitrogens is 2. The van der Waals surface area contributed by atoms with E-state index < -0.39 is 0 Å². The Bertz CT molecular complexity index is 588. The second-order valence-electron chi connectivity index (χ2n) is 5.59. The second kappa shape index (κ2) is 9.66. The van der Waals surface area contributed by atoms with Crippen LogP contribution in [-0.4, -0.2) is 29.3 Å². The topological polar surface area (TPSA) is 54.2 Å². The summed E-state index contributed by atoms with van der Waals surface area (Å²) in [5, 5.41) is 10.8. The van der Waals surface area contributed by atoms with Crippen molar-refractivity contribution in [1.82, 2.24) is 20.4 Å². The molecule has 0 aliphatic carbocycles. The predicted octanol–water partition coefficient (Wildman–Crippen LogP) is 2.50. The molecule has 0 aliphatic heterocycles. The Labute approximate surface area is 138 Å². The summed E-state index contributed by atoms with van der Waals surface area (Å²) in [5.41, 5.74) is 2.56. The van der Waals surface area contributed by atoms with Gasteiger partial charge in [-0.05, 0) is 30.9 Å². The number of hydrogen-bond acceptors (Lipinski definition) is 2. The highest BCUT2D eigenvalue weighted by molar-refractivity contribution is 5.79. The van der Waals surface area contributed by atoms with Crippen molar-refractivity contribution in [3.8, 4) is 0 Å². The molecular weight excluding hydrogens is 286 g/mol. The van der Waals surface area contributed by atoms with Crippen LogP contribution in [0.2, 0.25) is 0 Å². The molecule has 124 valence electrons. The minimum Gasteiger partial charge on any atom is -0.356 e. The summed E-state index contributed by atoms with van der Waals surface area (Å²) in [6.45, 7) is 1.67. The number of nitrogens with one attached hydrogen (secondary N) is 2. The SMILES string of the molecule is CN=C(NCCCCCc1ccccc1)NCc1ccnn1C. The standard InChI is InChI=1S/C18H27N5/c1-19-18(21-15-17-12-14-22-23(17)2)20-13-8-4-7-11-16-9-5-3-6-10-16/h3,5-6,9-10,12,14H,4,7-8,11,13,15H2,1-2H3,(H2,19,20,21). The van der Waals surface area contributed by atoms with Gasteiger partial charge in [-0.15, -0.1) is 0 Å². The molecule has 1 aromatic carbocycles. The number of hydrogen-bond donors (Lipinski definition) is 2. The van der Waals surface area contributed by atoms with Gasteiger partial charge in [0.1, 0.15) is 0 Å². The number of aryl methyl sites for hydroxylation is 2. The molecule has 2 rings (SSSR count). The molecule has 0 amide bonds. The van der Waals surface area contributed by atoms with Crippen LogP contribution in [0.1, 0.15) is 30.5 Å². The van der Waals surface area contributed by atoms with Crippen LogP contribution in [0, 0.1) is 0 Å². The molecule has 2 N–H and O–H groups in total. The van der Waals surface area contributed by atoms with Crippen LogP contribution in [-0.2, 0) is 20.0 Å². The highest BCUT2D eigenvalue weighted by Gasteiger charge is 2.01. The zero-order chi connectivity index (χ0) is 16.3. The zero-order valence-electron chi connectivity index (χ0n) is 14.1. The van der Waals surface area contributed by atoms with Gasteiger partial charge in [0.25, 0.3) is 0 Å². The lowest BCUT2D eigenvalue weighted by Gasteiger charge is -2.12. The van der Waals surface area contributed by atoms with Gasteiger partial charge in [-0.3, -0.25) is 9.67 Å². The zero-order valence-corrected chi connectivity index (χ0v) is 14.1. The third-order valence-corrected chi connectivity index (χ3v) is 3.86. The number of nitrogens with zero attached hydrogens (tertiary/aromatic N) is 3. The molecule has 0 saturated carbocycles. The first kappa shape index (κ1) is 17.1. The summed E-state index contributed by atoms with van der Waals surface area (Å²) < 4.78 is 1.86. The Balaban J connectivity index is 1.56. The van der Waals surface area contributed by atoms with Gasteiger partial charge < -0.3 is 10.6 Å². The van der Waals surface area contributed by atoms with Crippen molar-refractivity contribution in [3.05, 3.63) is 53.9 Å². The molecule has 0 spiro atoms. The van der Waals surface area contributed by atoms with Gasteiger partial charge in [0, 0.05) is 26.8 Å². The fraction of sp³-hybridized carbons (Fsp3) is 0.444.